The Morgan fingerprint density at radius 1 is 1.16 bits per heavy atom. The molecule has 2 N–H and O–H groups in total. The third-order valence-electron chi connectivity index (χ3n) is 2.90. The number of rotatable bonds is 5. The maximum absolute atomic E-state index is 5.78. The maximum Gasteiger partial charge on any atom is 0.218 e. The molecule has 108 valence electrons. The monoisotopic (exact) mass is 267 g/mol. The predicted molar refractivity (Wildman–Crippen MR) is 76.3 cm³/mol. The molecule has 0 aliphatic carbocycles. The standard InChI is InChI=1S/C14H25N3O2/c1-13(2,3)12-16-10(15)9-11(17-12)19-8-7-14(4,5)18-6/h9H,7-8H2,1-6H3,(H2,15,16,17). The van der Waals surface area contributed by atoms with E-state index in [9.17, 15) is 0 Å². The second kappa shape index (κ2) is 5.74. The van der Waals surface area contributed by atoms with Crippen LogP contribution in [0.1, 0.15) is 46.9 Å². The second-order valence-electron chi connectivity index (χ2n) is 6.27. The van der Waals surface area contributed by atoms with Crippen molar-refractivity contribution in [3.05, 3.63) is 11.9 Å². The number of methoxy groups -OCH3 is 1. The number of nitrogens with zero attached hydrogens (tertiary/aromatic N) is 2. The maximum atomic E-state index is 5.78. The van der Waals surface area contributed by atoms with Gasteiger partial charge in [-0.2, -0.15) is 4.98 Å². The molecule has 0 amide bonds. The summed E-state index contributed by atoms with van der Waals surface area (Å²) in [6.45, 7) is 10.7. The van der Waals surface area contributed by atoms with E-state index in [0.717, 1.165) is 6.42 Å². The highest BCUT2D eigenvalue weighted by Gasteiger charge is 2.20. The van der Waals surface area contributed by atoms with Crippen molar-refractivity contribution in [1.82, 2.24) is 9.97 Å². The van der Waals surface area contributed by atoms with Crippen molar-refractivity contribution >= 4 is 5.82 Å². The van der Waals surface area contributed by atoms with Gasteiger partial charge in [-0.25, -0.2) is 4.98 Å². The number of nitrogens with two attached hydrogens (primary N) is 1. The predicted octanol–water partition coefficient (Wildman–Crippen LogP) is 2.55. The van der Waals surface area contributed by atoms with Gasteiger partial charge in [0.15, 0.2) is 0 Å². The first kappa shape index (κ1) is 15.7. The lowest BCUT2D eigenvalue weighted by Crippen LogP contribution is -2.25. The average Bonchev–Trinajstić information content (AvgIpc) is 2.27. The van der Waals surface area contributed by atoms with Crippen molar-refractivity contribution in [2.75, 3.05) is 19.5 Å². The van der Waals surface area contributed by atoms with Gasteiger partial charge >= 0.3 is 0 Å². The number of hydrogen-bond donors (Lipinski definition) is 1. The van der Waals surface area contributed by atoms with Crippen LogP contribution in [-0.2, 0) is 10.2 Å². The number of aromatic nitrogens is 2. The van der Waals surface area contributed by atoms with Crippen molar-refractivity contribution < 1.29 is 9.47 Å². The molecule has 1 aromatic rings. The summed E-state index contributed by atoms with van der Waals surface area (Å²) in [5.41, 5.74) is 5.43. The first-order chi connectivity index (χ1) is 8.64. The second-order valence-corrected chi connectivity index (χ2v) is 6.27. The summed E-state index contributed by atoms with van der Waals surface area (Å²) in [5, 5.41) is 0. The Kier molecular flexibility index (Phi) is 4.74. The molecule has 5 heteroatoms. The first-order valence-corrected chi connectivity index (χ1v) is 6.47. The first-order valence-electron chi connectivity index (χ1n) is 6.47. The molecule has 0 aliphatic rings. The Morgan fingerprint density at radius 2 is 1.79 bits per heavy atom. The molecule has 0 bridgehead atoms. The number of anilines is 1. The van der Waals surface area contributed by atoms with Crippen LogP contribution in [-0.4, -0.2) is 29.3 Å². The fraction of sp³-hybridized carbons (Fsp3) is 0.714. The number of ether oxygens (including phenoxy) is 2. The van der Waals surface area contributed by atoms with Crippen LogP contribution in [0.2, 0.25) is 0 Å². The Morgan fingerprint density at radius 3 is 2.32 bits per heavy atom. The molecule has 5 nitrogen and oxygen atoms in total. The highest BCUT2D eigenvalue weighted by molar-refractivity contribution is 5.34. The zero-order valence-electron chi connectivity index (χ0n) is 12.8. The van der Waals surface area contributed by atoms with Crippen LogP contribution in [0.25, 0.3) is 0 Å². The summed E-state index contributed by atoms with van der Waals surface area (Å²) in [5.74, 6) is 1.64. The molecule has 1 rings (SSSR count). The van der Waals surface area contributed by atoms with Gasteiger partial charge in [-0.1, -0.05) is 20.8 Å². The lowest BCUT2D eigenvalue weighted by atomic mass is 9.96. The van der Waals surface area contributed by atoms with Crippen LogP contribution < -0.4 is 10.5 Å². The van der Waals surface area contributed by atoms with E-state index in [4.69, 9.17) is 15.2 Å². The van der Waals surface area contributed by atoms with E-state index >= 15 is 0 Å². The van der Waals surface area contributed by atoms with E-state index < -0.39 is 0 Å². The average molecular weight is 267 g/mol. The Balaban J connectivity index is 2.72. The van der Waals surface area contributed by atoms with Crippen LogP contribution in [0.15, 0.2) is 6.07 Å². The van der Waals surface area contributed by atoms with Gasteiger partial charge in [0.05, 0.1) is 12.2 Å². The number of nitrogen functional groups attached to an aromatic ring is 1. The zero-order chi connectivity index (χ0) is 14.7. The molecule has 0 radical (unpaired) electrons. The van der Waals surface area contributed by atoms with Crippen LogP contribution in [0.3, 0.4) is 0 Å². The SMILES string of the molecule is COC(C)(C)CCOc1cc(N)nc(C(C)(C)C)n1. The van der Waals surface area contributed by atoms with Gasteiger partial charge in [0.25, 0.3) is 0 Å². The van der Waals surface area contributed by atoms with Crippen molar-refractivity contribution in [1.29, 1.82) is 0 Å². The molecule has 0 unspecified atom stereocenters. The summed E-state index contributed by atoms with van der Waals surface area (Å²) in [4.78, 5) is 8.64. The van der Waals surface area contributed by atoms with Crippen molar-refractivity contribution in [3.63, 3.8) is 0 Å². The van der Waals surface area contributed by atoms with Gasteiger partial charge in [-0.15, -0.1) is 0 Å². The summed E-state index contributed by atoms with van der Waals surface area (Å²) in [6, 6.07) is 1.65. The number of hydrogen-bond acceptors (Lipinski definition) is 5. The third kappa shape index (κ3) is 5.03. The van der Waals surface area contributed by atoms with Gasteiger partial charge in [0.1, 0.15) is 11.6 Å². The highest BCUT2D eigenvalue weighted by atomic mass is 16.5. The molecule has 0 atom stereocenters. The van der Waals surface area contributed by atoms with E-state index in [-0.39, 0.29) is 11.0 Å². The van der Waals surface area contributed by atoms with E-state index in [1.807, 2.05) is 34.6 Å². The lowest BCUT2D eigenvalue weighted by Gasteiger charge is -2.23. The molecule has 0 saturated carbocycles. The van der Waals surface area contributed by atoms with Crippen LogP contribution in [0.4, 0.5) is 5.82 Å². The van der Waals surface area contributed by atoms with Gasteiger partial charge in [-0.05, 0) is 13.8 Å². The highest BCUT2D eigenvalue weighted by Crippen LogP contribution is 2.22. The normalized spacial score (nSPS) is 12.5. The Hall–Kier alpha value is -1.36. The van der Waals surface area contributed by atoms with E-state index in [0.29, 0.717) is 24.1 Å². The van der Waals surface area contributed by atoms with Crippen LogP contribution >= 0.6 is 0 Å². The summed E-state index contributed by atoms with van der Waals surface area (Å²) in [7, 11) is 1.69. The Bertz CT molecular complexity index is 425. The molecule has 1 aromatic heterocycles. The minimum atomic E-state index is -0.203. The van der Waals surface area contributed by atoms with Crippen molar-refractivity contribution in [3.8, 4) is 5.88 Å². The van der Waals surface area contributed by atoms with Crippen LogP contribution in [0.5, 0.6) is 5.88 Å². The van der Waals surface area contributed by atoms with E-state index in [1.54, 1.807) is 13.2 Å². The zero-order valence-corrected chi connectivity index (χ0v) is 12.8. The molecule has 19 heavy (non-hydrogen) atoms. The molecule has 0 aromatic carbocycles. The lowest BCUT2D eigenvalue weighted by molar-refractivity contribution is 0.00505. The minimum absolute atomic E-state index is 0.153. The van der Waals surface area contributed by atoms with Gasteiger partial charge in [-0.3, -0.25) is 0 Å². The van der Waals surface area contributed by atoms with E-state index in [2.05, 4.69) is 9.97 Å². The smallest absolute Gasteiger partial charge is 0.218 e. The summed E-state index contributed by atoms with van der Waals surface area (Å²) in [6.07, 6.45) is 0.776. The molecule has 0 saturated heterocycles. The Labute approximate surface area is 115 Å². The van der Waals surface area contributed by atoms with Gasteiger partial charge in [0, 0.05) is 25.0 Å². The topological polar surface area (TPSA) is 70.3 Å². The fourth-order valence-corrected chi connectivity index (χ4v) is 1.36. The molecular weight excluding hydrogens is 242 g/mol. The summed E-state index contributed by atoms with van der Waals surface area (Å²) < 4.78 is 11.0. The molecule has 0 fully saturated rings. The minimum Gasteiger partial charge on any atom is -0.477 e. The van der Waals surface area contributed by atoms with Crippen molar-refractivity contribution in [2.45, 2.75) is 52.1 Å². The van der Waals surface area contributed by atoms with Crippen LogP contribution in [0, 0.1) is 0 Å². The largest absolute Gasteiger partial charge is 0.477 e. The van der Waals surface area contributed by atoms with Gasteiger partial charge < -0.3 is 15.2 Å². The third-order valence-corrected chi connectivity index (χ3v) is 2.90. The van der Waals surface area contributed by atoms with Crippen molar-refractivity contribution in [2.24, 2.45) is 0 Å². The fourth-order valence-electron chi connectivity index (χ4n) is 1.36. The summed E-state index contributed by atoms with van der Waals surface area (Å²) >= 11 is 0. The van der Waals surface area contributed by atoms with E-state index in [1.165, 1.54) is 0 Å². The molecule has 0 spiro atoms. The molecule has 0 aliphatic heterocycles. The quantitative estimate of drug-likeness (QED) is 0.887. The molecule has 1 heterocycles. The van der Waals surface area contributed by atoms with Gasteiger partial charge in [0.2, 0.25) is 5.88 Å². The molecular formula is C14H25N3O2.